The first-order chi connectivity index (χ1) is 62.6. The van der Waals surface area contributed by atoms with Gasteiger partial charge in [-0.15, -0.1) is 0 Å². The van der Waals surface area contributed by atoms with Gasteiger partial charge in [0.25, 0.3) is 0 Å². The summed E-state index contributed by atoms with van der Waals surface area (Å²) in [4.78, 5) is 171. The van der Waals surface area contributed by atoms with Crippen LogP contribution in [0.15, 0.2) is 99.3 Å². The molecule has 42 nitrogen and oxygen atoms in total. The van der Waals surface area contributed by atoms with Gasteiger partial charge in [0.2, 0.25) is 0 Å². The third-order valence-corrected chi connectivity index (χ3v) is 23.0. The van der Waals surface area contributed by atoms with Crippen LogP contribution in [0.5, 0.6) is 23.0 Å². The van der Waals surface area contributed by atoms with Crippen LogP contribution >= 0.6 is 124 Å². The Morgan fingerprint density at radius 3 is 1.30 bits per heavy atom. The van der Waals surface area contributed by atoms with Gasteiger partial charge in [0.05, 0.1) is 155 Å². The van der Waals surface area contributed by atoms with Gasteiger partial charge in [-0.1, -0.05) is 67.9 Å². The van der Waals surface area contributed by atoms with Gasteiger partial charge in [-0.3, -0.25) is 68.1 Å². The van der Waals surface area contributed by atoms with Crippen LogP contribution in [-0.4, -0.2) is 273 Å². The maximum absolute atomic E-state index is 13.1. The number of aliphatic carboxylic acids is 3. The van der Waals surface area contributed by atoms with Crippen molar-refractivity contribution in [2.45, 2.75) is 65.9 Å². The fourth-order valence-corrected chi connectivity index (χ4v) is 15.5. The van der Waals surface area contributed by atoms with Crippen molar-refractivity contribution in [1.29, 1.82) is 0 Å². The molecule has 0 aliphatic rings. The normalized spacial score (nSPS) is 11.1. The number of benzene rings is 4. The van der Waals surface area contributed by atoms with Crippen LogP contribution in [0.1, 0.15) is 80.0 Å². The molecule has 0 fully saturated rings. The van der Waals surface area contributed by atoms with Crippen LogP contribution in [-0.2, 0) is 86.5 Å². The topological polar surface area (TPSA) is 562 Å². The van der Waals surface area contributed by atoms with Gasteiger partial charge in [-0.05, 0) is 142 Å². The number of alkyl halides is 3. The molecule has 0 spiro atoms. The third kappa shape index (κ3) is 40.7. The number of ether oxygens (including phenoxy) is 8. The molecule has 0 bridgehead atoms. The van der Waals surface area contributed by atoms with E-state index in [1.807, 2.05) is 25.1 Å². The van der Waals surface area contributed by atoms with Crippen molar-refractivity contribution in [3.8, 4) is 23.0 Å². The number of nitrogens with zero attached hydrogens (tertiary/aromatic N) is 7. The van der Waals surface area contributed by atoms with Crippen molar-refractivity contribution >= 4 is 222 Å². The van der Waals surface area contributed by atoms with Crippen LogP contribution in [0.25, 0.3) is 65.9 Å². The van der Waals surface area contributed by atoms with Crippen LogP contribution in [0, 0.1) is 41.5 Å². The summed E-state index contributed by atoms with van der Waals surface area (Å²) >= 11 is 25.7. The zero-order valence-corrected chi connectivity index (χ0v) is 90.0. The summed E-state index contributed by atoms with van der Waals surface area (Å²) in [6, 6.07) is 9.94. The Hall–Kier alpha value is -7.87. The van der Waals surface area contributed by atoms with Crippen LogP contribution in [0.4, 0.5) is 0 Å². The van der Waals surface area contributed by atoms with E-state index in [0.29, 0.717) is 78.8 Å². The van der Waals surface area contributed by atoms with Gasteiger partial charge >= 0.3 is 99.8 Å². The van der Waals surface area contributed by atoms with Crippen molar-refractivity contribution in [2.24, 2.45) is 0 Å². The molecular formula is C83H105Br8N8NaO34. The molecule has 3 unspecified atom stereocenters. The maximum atomic E-state index is 13.1. The van der Waals surface area contributed by atoms with Gasteiger partial charge in [-0.25, -0.2) is 43.6 Å². The van der Waals surface area contributed by atoms with Crippen molar-refractivity contribution in [3.05, 3.63) is 176 Å². The van der Waals surface area contributed by atoms with E-state index in [-0.39, 0.29) is 180 Å². The number of nitrogens with one attached hydrogen (secondary N) is 1. The molecule has 4 aromatic carbocycles. The SMILES string of the molecule is BrBr.C.C=Cc1cc(=O)oc2cc(OC)ccc12.COC(=O)CBr.COOCCN(CC(=O)OC)CC(c1c(C)c(=O)oc2c(C)c(OC)c(Br)cc12)N(CC(=O)OC)CC(=O)OC.COOCCNCC(=O)OC.COc1c(Br)cc2c(C(Br)CBr)c(C)c(=O)oc2c1C.Cc1c(C(CN(CCOO)CC(=O)O)N(CC(=O)O)CC(=O)O)c2cc(Br)c(O)c(C)c2oc1=O.[N-]=[N+]=[N-].[Na+]. The Bertz CT molecular complexity index is 5450. The molecule has 738 valence electrons. The number of esters is 5. The van der Waals surface area contributed by atoms with E-state index in [1.165, 1.54) is 97.6 Å². The molecule has 134 heavy (non-hydrogen) atoms. The number of fused-ring (bicyclic) bond motifs is 4. The van der Waals surface area contributed by atoms with Crippen molar-refractivity contribution in [3.63, 3.8) is 0 Å². The summed E-state index contributed by atoms with van der Waals surface area (Å²) in [7, 11) is 13.9. The minimum Gasteiger partial charge on any atom is -0.506 e. The minimum atomic E-state index is -1.35. The van der Waals surface area contributed by atoms with E-state index >= 15 is 0 Å². The third-order valence-electron chi connectivity index (χ3n) is 18.5. The Morgan fingerprint density at radius 2 is 0.910 bits per heavy atom. The van der Waals surface area contributed by atoms with Crippen LogP contribution < -0.4 is 71.6 Å². The number of phenolic OH excluding ortho intramolecular Hbond substituents is 1. The predicted molar refractivity (Wildman–Crippen MR) is 519 cm³/mol. The molecule has 8 rings (SSSR count). The molecular weight excluding hydrogens is 2320 g/mol. The van der Waals surface area contributed by atoms with Crippen LogP contribution in [0.2, 0.25) is 0 Å². The van der Waals surface area contributed by atoms with Gasteiger partial charge < -0.3 is 92.4 Å². The number of hydrogen-bond donors (Lipinski definition) is 6. The molecule has 51 heteroatoms. The molecule has 0 aliphatic heterocycles. The zero-order valence-electron chi connectivity index (χ0n) is 75.3. The van der Waals surface area contributed by atoms with E-state index in [2.05, 4.69) is 165 Å². The number of rotatable bonds is 40. The smallest absolute Gasteiger partial charge is 0.506 e. The average molecular weight is 2420 g/mol. The summed E-state index contributed by atoms with van der Waals surface area (Å²) in [5.74, 6) is -4.60. The van der Waals surface area contributed by atoms with Crippen molar-refractivity contribution in [2.75, 3.05) is 180 Å². The second kappa shape index (κ2) is 68.2. The number of methoxy groups -OCH3 is 8. The molecule has 0 amide bonds. The number of carboxylic acids is 3. The summed E-state index contributed by atoms with van der Waals surface area (Å²) in [5, 5.41) is 53.6. The number of carbonyl (C=O) groups is 8. The fourth-order valence-electron chi connectivity index (χ4n) is 12.4. The first-order valence-corrected chi connectivity index (χ1v) is 47.2. The summed E-state index contributed by atoms with van der Waals surface area (Å²) in [6.45, 7) is 11.6. The predicted octanol–water partition coefficient (Wildman–Crippen LogP) is 10.7. The van der Waals surface area contributed by atoms with Gasteiger partial charge in [0.15, 0.2) is 0 Å². The quantitative estimate of drug-likeness (QED) is 0.00178. The molecule has 3 atom stereocenters. The monoisotopic (exact) mass is 2410 g/mol. The second-order valence-electron chi connectivity index (χ2n) is 26.6. The number of aryl methyl sites for hydroxylation is 3. The van der Waals surface area contributed by atoms with E-state index in [4.69, 9.17) is 67.3 Å². The number of phenols is 1. The molecule has 6 N–H and O–H groups in total. The fraction of sp³-hybridized carbons (Fsp3) is 0.446. The van der Waals surface area contributed by atoms with Crippen molar-refractivity contribution < 1.29 is 174 Å². The minimum absolute atomic E-state index is 0. The number of carboxylic acid groups (broad SMARTS) is 3. The average Bonchev–Trinajstić information content (AvgIpc) is 0.758. The number of carbonyl (C=O) groups excluding carboxylic acids is 5. The van der Waals surface area contributed by atoms with Crippen molar-refractivity contribution in [1.82, 2.24) is 24.9 Å². The van der Waals surface area contributed by atoms with Gasteiger partial charge in [0.1, 0.15) is 50.7 Å². The molecule has 0 saturated carbocycles. The molecule has 4 heterocycles. The number of aromatic hydroxyl groups is 1. The Kier molecular flexibility index (Phi) is 65.2. The Balaban J connectivity index is 0. The van der Waals surface area contributed by atoms with E-state index < -0.39 is 78.8 Å². The Labute approximate surface area is 857 Å². The first-order valence-electron chi connectivity index (χ1n) is 38.0. The molecule has 0 radical (unpaired) electrons. The zero-order chi connectivity index (χ0) is 101. The summed E-state index contributed by atoms with van der Waals surface area (Å²) in [6.07, 6.45) is 1.63. The summed E-state index contributed by atoms with van der Waals surface area (Å²) < 4.78 is 62.4. The Morgan fingerprint density at radius 1 is 0.515 bits per heavy atom. The van der Waals surface area contributed by atoms with Gasteiger partial charge in [0, 0.05) is 145 Å². The summed E-state index contributed by atoms with van der Waals surface area (Å²) in [5.41, 5.74) is 17.7. The molecule has 0 saturated heterocycles. The molecule has 8 aromatic rings. The first kappa shape index (κ1) is 128. The second-order valence-corrected chi connectivity index (χ2v) is 31.4. The number of hydrogen-bond acceptors (Lipinski definition) is 36. The maximum Gasteiger partial charge on any atom is 1.00 e. The number of halogens is 8. The molecule has 0 aliphatic carbocycles. The van der Waals surface area contributed by atoms with E-state index in [9.17, 15) is 78.0 Å². The van der Waals surface area contributed by atoms with Crippen LogP contribution in [0.3, 0.4) is 0 Å². The van der Waals surface area contributed by atoms with Gasteiger partial charge in [-0.2, -0.15) is 0 Å². The largest absolute Gasteiger partial charge is 1.00 e. The molecule has 4 aromatic heterocycles. The van der Waals surface area contributed by atoms with E-state index in [0.717, 1.165) is 36.8 Å². The van der Waals surface area contributed by atoms with E-state index in [1.54, 1.807) is 58.1 Å². The standard InChI is InChI=1S/C26H35BrN2O11.C21H25BrN2O11.C14H13Br3O3.C12H10O3.C6H13NO4.C3H5BrO2.CH4.Br2.N3.Na/c1-15-23(17-10-18(27)25(37-6)16(2)24(17)40-26(15)33)19(29(13-21(31)35-4)14-22(32)36-5)11-28(8-9-39-38-7)12-20(30)34-3;1-10-18(12-5-13(22)19(31)11(2)20(12)35-21(10)32)14(24(8-16(27)28)9-17(29)30)6-23(3-4-34-33)7-15(25)26;1-6-11(10(17)5-15)8-4-9(16)13(19-3)7(2)12(8)20-14(6)18;1-3-8-6-12(13)15-11-7-9(14-2)4-5-10(8)11;1-9-6(8)5-7-3-4-11-10-2;1-6-3(5)2-4;;1-2;1-3-2;/h10,19H,8-9,11-14H2,1-7H3;5,14,31,33H,3-4,6-9H2,1-2H3,(H,25,26)(H,27,28)(H,29,30);4,10H,5H2,1-3H3;3-7H,1H2,2H3;7H,3-5H2,1-2H3;2H2,1H3;1H4;;;/q;;;;;;;;-1;+1.